The third kappa shape index (κ3) is 3.24. The van der Waals surface area contributed by atoms with Gasteiger partial charge in [-0.3, -0.25) is 4.79 Å². The Balaban J connectivity index is 2.68. The van der Waals surface area contributed by atoms with Gasteiger partial charge in [0.05, 0.1) is 5.56 Å². The largest absolute Gasteiger partial charge is 0.478 e. The van der Waals surface area contributed by atoms with E-state index in [0.29, 0.717) is 12.1 Å². The van der Waals surface area contributed by atoms with Crippen molar-refractivity contribution in [2.24, 2.45) is 0 Å². The third-order valence-corrected chi connectivity index (χ3v) is 2.01. The highest BCUT2D eigenvalue weighted by Crippen LogP contribution is 2.05. The number of carboxylic acid groups (broad SMARTS) is 1. The van der Waals surface area contributed by atoms with Gasteiger partial charge in [-0.1, -0.05) is 18.7 Å². The van der Waals surface area contributed by atoms with E-state index in [-0.39, 0.29) is 11.5 Å². The summed E-state index contributed by atoms with van der Waals surface area (Å²) in [6.45, 7) is 5.42. The molecule has 0 saturated heterocycles. The van der Waals surface area contributed by atoms with Crippen LogP contribution in [0.5, 0.6) is 0 Å². The van der Waals surface area contributed by atoms with Crippen LogP contribution in [0, 0.1) is 0 Å². The number of nitrogens with one attached hydrogen (secondary N) is 1. The highest BCUT2D eigenvalue weighted by Gasteiger charge is 2.04. The molecule has 1 aromatic rings. The summed E-state index contributed by atoms with van der Waals surface area (Å²) in [5, 5.41) is 11.4. The van der Waals surface area contributed by atoms with Crippen LogP contribution >= 0.6 is 0 Å². The minimum Gasteiger partial charge on any atom is -0.478 e. The van der Waals surface area contributed by atoms with E-state index in [9.17, 15) is 9.59 Å². The van der Waals surface area contributed by atoms with Gasteiger partial charge in [0.25, 0.3) is 0 Å². The summed E-state index contributed by atoms with van der Waals surface area (Å²) in [6, 6.07) is 6.43. The summed E-state index contributed by atoms with van der Waals surface area (Å²) in [5.41, 5.74) is 1.38. The summed E-state index contributed by atoms with van der Waals surface area (Å²) in [7, 11) is 0. The predicted molar refractivity (Wildman–Crippen MR) is 60.1 cm³/mol. The smallest absolute Gasteiger partial charge is 0.335 e. The van der Waals surface area contributed by atoms with Crippen LogP contribution in [-0.2, 0) is 11.3 Å². The minimum atomic E-state index is -0.979. The summed E-state index contributed by atoms with van der Waals surface area (Å²) in [4.78, 5) is 21.9. The van der Waals surface area contributed by atoms with Crippen LogP contribution in [0.1, 0.15) is 22.8 Å². The average Bonchev–Trinajstić information content (AvgIpc) is 2.26. The maximum Gasteiger partial charge on any atom is 0.335 e. The van der Waals surface area contributed by atoms with Crippen molar-refractivity contribution in [3.63, 3.8) is 0 Å². The van der Waals surface area contributed by atoms with E-state index >= 15 is 0 Å². The molecule has 0 bridgehead atoms. The van der Waals surface area contributed by atoms with Gasteiger partial charge in [0.15, 0.2) is 0 Å². The second kappa shape index (κ2) is 5.11. The zero-order valence-corrected chi connectivity index (χ0v) is 8.99. The fourth-order valence-electron chi connectivity index (χ4n) is 1.15. The molecule has 0 atom stereocenters. The van der Waals surface area contributed by atoms with Crippen molar-refractivity contribution in [2.45, 2.75) is 13.5 Å². The number of carbonyl (C=O) groups is 2. The van der Waals surface area contributed by atoms with Crippen LogP contribution in [0.15, 0.2) is 36.4 Å². The van der Waals surface area contributed by atoms with Crippen LogP contribution < -0.4 is 5.32 Å². The molecule has 0 aliphatic heterocycles. The Morgan fingerprint density at radius 1 is 1.44 bits per heavy atom. The van der Waals surface area contributed by atoms with E-state index in [1.807, 2.05) is 0 Å². The molecule has 0 saturated carbocycles. The number of carboxylic acids is 1. The lowest BCUT2D eigenvalue weighted by atomic mass is 10.1. The van der Waals surface area contributed by atoms with E-state index in [1.165, 1.54) is 12.1 Å². The molecule has 1 amide bonds. The minimum absolute atomic E-state index is 0.210. The Labute approximate surface area is 93.6 Å². The number of hydrogen-bond donors (Lipinski definition) is 2. The molecule has 0 spiro atoms. The second-order valence-electron chi connectivity index (χ2n) is 3.47. The highest BCUT2D eigenvalue weighted by atomic mass is 16.4. The summed E-state index contributed by atoms with van der Waals surface area (Å²) in [5.74, 6) is -1.21. The maximum atomic E-state index is 11.2. The van der Waals surface area contributed by atoms with Gasteiger partial charge >= 0.3 is 5.97 Å². The van der Waals surface area contributed by atoms with E-state index in [2.05, 4.69) is 11.9 Å². The Bertz CT molecular complexity index is 438. The number of carbonyl (C=O) groups excluding carboxylic acids is 1. The second-order valence-corrected chi connectivity index (χ2v) is 3.47. The summed E-state index contributed by atoms with van der Waals surface area (Å²) in [6.07, 6.45) is 0. The van der Waals surface area contributed by atoms with Gasteiger partial charge < -0.3 is 10.4 Å². The molecular weight excluding hydrogens is 206 g/mol. The molecule has 0 aliphatic carbocycles. The number of amides is 1. The van der Waals surface area contributed by atoms with Crippen LogP contribution in [-0.4, -0.2) is 17.0 Å². The van der Waals surface area contributed by atoms with E-state index < -0.39 is 5.97 Å². The van der Waals surface area contributed by atoms with E-state index in [0.717, 1.165) is 5.56 Å². The number of rotatable bonds is 4. The molecule has 0 heterocycles. The first-order chi connectivity index (χ1) is 7.50. The van der Waals surface area contributed by atoms with E-state index in [4.69, 9.17) is 5.11 Å². The van der Waals surface area contributed by atoms with E-state index in [1.54, 1.807) is 19.1 Å². The van der Waals surface area contributed by atoms with Gasteiger partial charge in [0.1, 0.15) is 0 Å². The molecule has 0 aliphatic rings. The van der Waals surface area contributed by atoms with Crippen molar-refractivity contribution in [1.29, 1.82) is 0 Å². The molecule has 2 N–H and O–H groups in total. The first-order valence-electron chi connectivity index (χ1n) is 4.76. The number of benzene rings is 1. The van der Waals surface area contributed by atoms with Gasteiger partial charge in [-0.05, 0) is 24.6 Å². The maximum absolute atomic E-state index is 11.2. The standard InChI is InChI=1S/C12H13NO3/c1-8(2)11(14)13-7-9-4-3-5-10(6-9)12(15)16/h3-6H,1,7H2,2H3,(H,13,14)(H,15,16). The predicted octanol–water partition coefficient (Wildman–Crippen LogP) is 1.58. The molecule has 0 aromatic heterocycles. The van der Waals surface area contributed by atoms with Gasteiger partial charge in [-0.2, -0.15) is 0 Å². The molecular formula is C12H13NO3. The van der Waals surface area contributed by atoms with Gasteiger partial charge in [-0.25, -0.2) is 4.79 Å². The SMILES string of the molecule is C=C(C)C(=O)NCc1cccc(C(=O)O)c1. The fraction of sp³-hybridized carbons (Fsp3) is 0.167. The Hall–Kier alpha value is -2.10. The van der Waals surface area contributed by atoms with Crippen LogP contribution in [0.25, 0.3) is 0 Å². The molecule has 0 radical (unpaired) electrons. The topological polar surface area (TPSA) is 66.4 Å². The molecule has 0 fully saturated rings. The molecule has 4 heteroatoms. The summed E-state index contributed by atoms with van der Waals surface area (Å²) >= 11 is 0. The monoisotopic (exact) mass is 219 g/mol. The van der Waals surface area contributed by atoms with Crippen molar-refractivity contribution in [3.8, 4) is 0 Å². The lowest BCUT2D eigenvalue weighted by molar-refractivity contribution is -0.117. The first kappa shape index (κ1) is 12.0. The zero-order chi connectivity index (χ0) is 12.1. The average molecular weight is 219 g/mol. The molecule has 1 rings (SSSR count). The lowest BCUT2D eigenvalue weighted by Crippen LogP contribution is -2.23. The van der Waals surface area contributed by atoms with Crippen molar-refractivity contribution in [2.75, 3.05) is 0 Å². The van der Waals surface area contributed by atoms with Crippen LogP contribution in [0.3, 0.4) is 0 Å². The first-order valence-corrected chi connectivity index (χ1v) is 4.76. The van der Waals surface area contributed by atoms with Crippen molar-refractivity contribution in [1.82, 2.24) is 5.32 Å². The number of hydrogen-bond acceptors (Lipinski definition) is 2. The Morgan fingerprint density at radius 3 is 2.69 bits per heavy atom. The zero-order valence-electron chi connectivity index (χ0n) is 8.99. The Kier molecular flexibility index (Phi) is 3.83. The third-order valence-electron chi connectivity index (χ3n) is 2.01. The molecule has 1 aromatic carbocycles. The quantitative estimate of drug-likeness (QED) is 0.755. The molecule has 84 valence electrons. The molecule has 16 heavy (non-hydrogen) atoms. The van der Waals surface area contributed by atoms with Gasteiger partial charge in [-0.15, -0.1) is 0 Å². The molecule has 4 nitrogen and oxygen atoms in total. The highest BCUT2D eigenvalue weighted by molar-refractivity contribution is 5.92. The van der Waals surface area contributed by atoms with Crippen molar-refractivity contribution >= 4 is 11.9 Å². The van der Waals surface area contributed by atoms with Gasteiger partial charge in [0.2, 0.25) is 5.91 Å². The fourth-order valence-corrected chi connectivity index (χ4v) is 1.15. The van der Waals surface area contributed by atoms with Crippen LogP contribution in [0.2, 0.25) is 0 Å². The molecule has 0 unspecified atom stereocenters. The summed E-state index contributed by atoms with van der Waals surface area (Å²) < 4.78 is 0. The Morgan fingerprint density at radius 2 is 2.12 bits per heavy atom. The number of aromatic carboxylic acids is 1. The lowest BCUT2D eigenvalue weighted by Gasteiger charge is -2.05. The normalized spacial score (nSPS) is 9.56. The van der Waals surface area contributed by atoms with Crippen molar-refractivity contribution in [3.05, 3.63) is 47.5 Å². The van der Waals surface area contributed by atoms with Crippen LogP contribution in [0.4, 0.5) is 0 Å². The van der Waals surface area contributed by atoms with Crippen molar-refractivity contribution < 1.29 is 14.7 Å². The van der Waals surface area contributed by atoms with Gasteiger partial charge in [0, 0.05) is 12.1 Å².